The molecule has 4 aromatic rings. The summed E-state index contributed by atoms with van der Waals surface area (Å²) in [7, 11) is 3.13. The number of anilines is 1. The number of methoxy groups -OCH3 is 1. The molecule has 0 radical (unpaired) electrons. The van der Waals surface area contributed by atoms with Crippen molar-refractivity contribution >= 4 is 37.6 Å². The van der Waals surface area contributed by atoms with Gasteiger partial charge in [0.1, 0.15) is 33.5 Å². The Bertz CT molecular complexity index is 1170. The summed E-state index contributed by atoms with van der Waals surface area (Å²) in [5.41, 5.74) is 0.606. The molecule has 0 aliphatic heterocycles. The molecule has 9 heteroatoms. The molecule has 0 atom stereocenters. The average molecular weight is 357 g/mol. The van der Waals surface area contributed by atoms with E-state index in [1.807, 2.05) is 0 Å². The third kappa shape index (κ3) is 2.31. The Morgan fingerprint density at radius 3 is 2.84 bits per heavy atom. The smallest absolute Gasteiger partial charge is 0.275 e. The summed E-state index contributed by atoms with van der Waals surface area (Å²) in [6.45, 7) is 0. The monoisotopic (exact) mass is 357 g/mol. The predicted molar refractivity (Wildman–Crippen MR) is 94.4 cm³/mol. The zero-order valence-electron chi connectivity index (χ0n) is 13.3. The first-order valence-corrected chi connectivity index (χ1v) is 8.12. The molecule has 0 aliphatic carbocycles. The van der Waals surface area contributed by atoms with Gasteiger partial charge < -0.3 is 10.1 Å². The Morgan fingerprint density at radius 2 is 2.12 bits per heavy atom. The van der Waals surface area contributed by atoms with Gasteiger partial charge in [-0.25, -0.2) is 19.3 Å². The van der Waals surface area contributed by atoms with Crippen molar-refractivity contribution in [3.05, 3.63) is 47.0 Å². The van der Waals surface area contributed by atoms with Crippen molar-refractivity contribution in [2.75, 3.05) is 19.5 Å². The summed E-state index contributed by atoms with van der Waals surface area (Å²) in [5.74, 6) is 0.171. The van der Waals surface area contributed by atoms with E-state index in [2.05, 4.69) is 20.3 Å². The van der Waals surface area contributed by atoms with Crippen LogP contribution in [0.15, 0.2) is 35.6 Å². The molecule has 0 amide bonds. The molecule has 3 aromatic heterocycles. The van der Waals surface area contributed by atoms with Crippen LogP contribution in [0.2, 0.25) is 0 Å². The van der Waals surface area contributed by atoms with E-state index in [-0.39, 0.29) is 11.3 Å². The van der Waals surface area contributed by atoms with Crippen LogP contribution in [0.4, 0.5) is 10.2 Å². The summed E-state index contributed by atoms with van der Waals surface area (Å²) >= 11 is 1.23. The first-order valence-electron chi connectivity index (χ1n) is 7.30. The predicted octanol–water partition coefficient (Wildman–Crippen LogP) is 2.58. The molecule has 0 spiro atoms. The summed E-state index contributed by atoms with van der Waals surface area (Å²) < 4.78 is 20.6. The normalized spacial score (nSPS) is 11.2. The highest BCUT2D eigenvalue weighted by Gasteiger charge is 2.17. The summed E-state index contributed by atoms with van der Waals surface area (Å²) in [6.07, 6.45) is 2.81. The summed E-state index contributed by atoms with van der Waals surface area (Å²) in [4.78, 5) is 26.3. The van der Waals surface area contributed by atoms with Crippen molar-refractivity contribution in [1.29, 1.82) is 0 Å². The maximum Gasteiger partial charge on any atom is 0.275 e. The number of aromatic nitrogens is 4. The molecule has 126 valence electrons. The first-order chi connectivity index (χ1) is 12.1. The van der Waals surface area contributed by atoms with Crippen LogP contribution in [0.3, 0.4) is 0 Å². The second-order valence-electron chi connectivity index (χ2n) is 5.17. The van der Waals surface area contributed by atoms with Crippen LogP contribution in [-0.4, -0.2) is 33.7 Å². The number of nitrogens with one attached hydrogen (secondary N) is 1. The van der Waals surface area contributed by atoms with Gasteiger partial charge in [-0.1, -0.05) is 0 Å². The number of fused-ring (bicyclic) bond motifs is 3. The summed E-state index contributed by atoms with van der Waals surface area (Å²) in [5, 5.41) is 3.68. The first kappa shape index (κ1) is 15.5. The van der Waals surface area contributed by atoms with E-state index in [0.29, 0.717) is 31.9 Å². The molecule has 1 aromatic carbocycles. The Labute approximate surface area is 144 Å². The van der Waals surface area contributed by atoms with Crippen LogP contribution in [0.25, 0.3) is 26.1 Å². The highest BCUT2D eigenvalue weighted by atomic mass is 32.1. The van der Waals surface area contributed by atoms with Gasteiger partial charge in [0.2, 0.25) is 0 Å². The highest BCUT2D eigenvalue weighted by molar-refractivity contribution is 7.25. The number of hydrogen-bond acceptors (Lipinski definition) is 7. The molecule has 25 heavy (non-hydrogen) atoms. The highest BCUT2D eigenvalue weighted by Crippen LogP contribution is 2.32. The molecule has 0 saturated heterocycles. The lowest BCUT2D eigenvalue weighted by atomic mass is 10.2. The van der Waals surface area contributed by atoms with E-state index in [4.69, 9.17) is 4.74 Å². The van der Waals surface area contributed by atoms with Gasteiger partial charge in [0, 0.05) is 13.1 Å². The van der Waals surface area contributed by atoms with Crippen molar-refractivity contribution in [3.63, 3.8) is 0 Å². The fourth-order valence-corrected chi connectivity index (χ4v) is 3.67. The fraction of sp³-hybridized carbons (Fsp3) is 0.125. The quantitative estimate of drug-likeness (QED) is 0.607. The van der Waals surface area contributed by atoms with E-state index < -0.39 is 5.82 Å². The zero-order chi connectivity index (χ0) is 17.6. The van der Waals surface area contributed by atoms with E-state index in [1.54, 1.807) is 13.1 Å². The molecule has 0 unspecified atom stereocenters. The molecule has 0 bridgehead atoms. The van der Waals surface area contributed by atoms with Gasteiger partial charge in [-0.15, -0.1) is 11.3 Å². The van der Waals surface area contributed by atoms with E-state index >= 15 is 0 Å². The number of hydrogen-bond donors (Lipinski definition) is 1. The Hall–Kier alpha value is -3.07. The Balaban J connectivity index is 1.99. The van der Waals surface area contributed by atoms with E-state index in [0.717, 1.165) is 0 Å². The molecular formula is C16H12FN5O2S. The van der Waals surface area contributed by atoms with Crippen LogP contribution in [0.1, 0.15) is 0 Å². The Kier molecular flexibility index (Phi) is 3.57. The number of halogens is 1. The number of benzene rings is 1. The fourth-order valence-electron chi connectivity index (χ4n) is 2.64. The molecule has 4 rings (SSSR count). The lowest BCUT2D eigenvalue weighted by Gasteiger charge is -2.07. The third-order valence-electron chi connectivity index (χ3n) is 3.83. The van der Waals surface area contributed by atoms with Crippen molar-refractivity contribution in [2.24, 2.45) is 0 Å². The van der Waals surface area contributed by atoms with Gasteiger partial charge in [-0.2, -0.15) is 0 Å². The molecule has 0 fully saturated rings. The number of rotatable bonds is 3. The van der Waals surface area contributed by atoms with Gasteiger partial charge in [-0.3, -0.25) is 9.36 Å². The third-order valence-corrected chi connectivity index (χ3v) is 4.90. The van der Waals surface area contributed by atoms with Crippen LogP contribution >= 0.6 is 11.3 Å². The molecule has 0 saturated carbocycles. The standard InChI is InChI=1S/C16H12FN5O2S/c1-18-14-11-12-13(25-15(11)20-6-19-14)16(23)22(7-21-12)8-3-4-10(24-2)9(17)5-8/h3-7H,1-2H3,(H,18,19,20). The molecule has 7 nitrogen and oxygen atoms in total. The zero-order valence-corrected chi connectivity index (χ0v) is 14.1. The SMILES string of the molecule is CNc1ncnc2sc3c(=O)n(-c4ccc(OC)c(F)c4)cnc3c12. The van der Waals surface area contributed by atoms with Gasteiger partial charge in [-0.05, 0) is 12.1 Å². The van der Waals surface area contributed by atoms with Crippen molar-refractivity contribution < 1.29 is 9.13 Å². The van der Waals surface area contributed by atoms with Crippen molar-refractivity contribution in [2.45, 2.75) is 0 Å². The largest absolute Gasteiger partial charge is 0.494 e. The number of thiophene rings is 1. The molecule has 0 aliphatic rings. The lowest BCUT2D eigenvalue weighted by Crippen LogP contribution is -2.18. The van der Waals surface area contributed by atoms with Crippen molar-refractivity contribution in [3.8, 4) is 11.4 Å². The van der Waals surface area contributed by atoms with Crippen LogP contribution in [0, 0.1) is 5.82 Å². The van der Waals surface area contributed by atoms with Crippen LogP contribution in [0.5, 0.6) is 5.75 Å². The van der Waals surface area contributed by atoms with Gasteiger partial charge >= 0.3 is 0 Å². The Morgan fingerprint density at radius 1 is 1.28 bits per heavy atom. The minimum atomic E-state index is -0.549. The minimum Gasteiger partial charge on any atom is -0.494 e. The topological polar surface area (TPSA) is 81.9 Å². The van der Waals surface area contributed by atoms with Gasteiger partial charge in [0.15, 0.2) is 11.6 Å². The van der Waals surface area contributed by atoms with Gasteiger partial charge in [0.25, 0.3) is 5.56 Å². The second-order valence-corrected chi connectivity index (χ2v) is 6.17. The summed E-state index contributed by atoms with van der Waals surface area (Å²) in [6, 6.07) is 4.31. The van der Waals surface area contributed by atoms with E-state index in [1.165, 1.54) is 47.8 Å². The minimum absolute atomic E-state index is 0.113. The number of ether oxygens (including phenoxy) is 1. The molecule has 3 heterocycles. The molecule has 1 N–H and O–H groups in total. The lowest BCUT2D eigenvalue weighted by molar-refractivity contribution is 0.386. The van der Waals surface area contributed by atoms with Crippen LogP contribution in [-0.2, 0) is 0 Å². The molecular weight excluding hydrogens is 345 g/mol. The number of nitrogens with zero attached hydrogens (tertiary/aromatic N) is 4. The van der Waals surface area contributed by atoms with Crippen molar-refractivity contribution in [1.82, 2.24) is 19.5 Å². The second kappa shape index (κ2) is 5.78. The maximum absolute atomic E-state index is 14.0. The maximum atomic E-state index is 14.0. The van der Waals surface area contributed by atoms with E-state index in [9.17, 15) is 9.18 Å². The van der Waals surface area contributed by atoms with Crippen LogP contribution < -0.4 is 15.6 Å². The van der Waals surface area contributed by atoms with Gasteiger partial charge in [0.05, 0.1) is 18.2 Å². The average Bonchev–Trinajstić information content (AvgIpc) is 3.02.